The summed E-state index contributed by atoms with van der Waals surface area (Å²) in [5.41, 5.74) is 3.97. The summed E-state index contributed by atoms with van der Waals surface area (Å²) in [7, 11) is 2.13. The average Bonchev–Trinajstić information content (AvgIpc) is 2.30. The molecule has 0 heterocycles. The Morgan fingerprint density at radius 3 is 2.47 bits per heavy atom. The van der Waals surface area contributed by atoms with Crippen molar-refractivity contribution in [2.75, 3.05) is 11.9 Å². The number of hydrogen-bond acceptors (Lipinski definition) is 1. The van der Waals surface area contributed by atoms with Gasteiger partial charge >= 0.3 is 0 Å². The quantitative estimate of drug-likeness (QED) is 0.702. The Balaban J connectivity index is 2.20. The van der Waals surface area contributed by atoms with Crippen molar-refractivity contribution in [3.8, 4) is 0 Å². The fourth-order valence-electron chi connectivity index (χ4n) is 1.80. The Labute approximate surface area is 91.7 Å². The molecule has 0 N–H and O–H groups in total. The van der Waals surface area contributed by atoms with Gasteiger partial charge in [0.2, 0.25) is 0 Å². The highest BCUT2D eigenvalue weighted by molar-refractivity contribution is 5.52. The average molecular weight is 199 g/mol. The van der Waals surface area contributed by atoms with Gasteiger partial charge in [-0.25, -0.2) is 0 Å². The zero-order valence-corrected chi connectivity index (χ0v) is 9.40. The van der Waals surface area contributed by atoms with E-state index in [2.05, 4.69) is 61.4 Å². The van der Waals surface area contributed by atoms with Gasteiger partial charge in [-0.15, -0.1) is 0 Å². The van der Waals surface area contributed by atoms with E-state index in [1.807, 2.05) is 0 Å². The van der Waals surface area contributed by atoms with Crippen molar-refractivity contribution in [3.63, 3.8) is 0 Å². The Kier molecular flexibility index (Phi) is 2.91. The highest BCUT2D eigenvalue weighted by Crippen LogP contribution is 2.22. The molecule has 1 aliphatic rings. The molecule has 2 rings (SSSR count). The van der Waals surface area contributed by atoms with Crippen LogP contribution in [0.15, 0.2) is 48.2 Å². The molecule has 0 aliphatic heterocycles. The van der Waals surface area contributed by atoms with E-state index in [1.165, 1.54) is 16.9 Å². The van der Waals surface area contributed by atoms with Gasteiger partial charge in [-0.1, -0.05) is 29.8 Å². The fourth-order valence-corrected chi connectivity index (χ4v) is 1.80. The van der Waals surface area contributed by atoms with E-state index in [4.69, 9.17) is 0 Å². The maximum atomic E-state index is 2.27. The van der Waals surface area contributed by atoms with Crippen LogP contribution in [0.5, 0.6) is 0 Å². The van der Waals surface area contributed by atoms with E-state index in [1.54, 1.807) is 0 Å². The number of aryl methyl sites for hydroxylation is 1. The molecule has 0 saturated carbocycles. The van der Waals surface area contributed by atoms with Gasteiger partial charge in [-0.2, -0.15) is 0 Å². The van der Waals surface area contributed by atoms with Crippen molar-refractivity contribution in [2.45, 2.75) is 19.8 Å². The van der Waals surface area contributed by atoms with Crippen LogP contribution in [0.25, 0.3) is 0 Å². The van der Waals surface area contributed by atoms with Crippen LogP contribution in [-0.2, 0) is 0 Å². The van der Waals surface area contributed by atoms with Gasteiger partial charge in [0, 0.05) is 18.4 Å². The largest absolute Gasteiger partial charge is 0.348 e. The Morgan fingerprint density at radius 1 is 1.13 bits per heavy atom. The third kappa shape index (κ3) is 2.30. The van der Waals surface area contributed by atoms with Gasteiger partial charge in [0.25, 0.3) is 0 Å². The van der Waals surface area contributed by atoms with E-state index >= 15 is 0 Å². The normalized spacial score (nSPS) is 14.9. The number of rotatable bonds is 2. The van der Waals surface area contributed by atoms with Gasteiger partial charge < -0.3 is 4.90 Å². The van der Waals surface area contributed by atoms with Crippen LogP contribution in [0.3, 0.4) is 0 Å². The molecule has 0 fully saturated rings. The smallest absolute Gasteiger partial charge is 0.0405 e. The van der Waals surface area contributed by atoms with Crippen LogP contribution in [0.1, 0.15) is 18.4 Å². The molecule has 0 aromatic heterocycles. The first-order chi connectivity index (χ1) is 7.27. The van der Waals surface area contributed by atoms with E-state index in [0.717, 1.165) is 12.8 Å². The predicted molar refractivity (Wildman–Crippen MR) is 66.0 cm³/mol. The lowest BCUT2D eigenvalue weighted by Crippen LogP contribution is -2.16. The molecule has 1 aromatic carbocycles. The van der Waals surface area contributed by atoms with Crippen molar-refractivity contribution in [2.24, 2.45) is 0 Å². The third-order valence-corrected chi connectivity index (χ3v) is 2.84. The number of anilines is 1. The molecular weight excluding hydrogens is 182 g/mol. The van der Waals surface area contributed by atoms with Gasteiger partial charge in [-0.05, 0) is 38.0 Å². The minimum atomic E-state index is 1.14. The fraction of sp³-hybridized carbons (Fsp3) is 0.286. The van der Waals surface area contributed by atoms with Crippen molar-refractivity contribution < 1.29 is 0 Å². The van der Waals surface area contributed by atoms with E-state index < -0.39 is 0 Å². The highest BCUT2D eigenvalue weighted by Gasteiger charge is 2.07. The van der Waals surface area contributed by atoms with Crippen molar-refractivity contribution in [1.82, 2.24) is 0 Å². The summed E-state index contributed by atoms with van der Waals surface area (Å²) >= 11 is 0. The molecule has 1 nitrogen and oxygen atoms in total. The maximum absolute atomic E-state index is 2.27. The molecule has 0 spiro atoms. The first kappa shape index (κ1) is 10.0. The third-order valence-electron chi connectivity index (χ3n) is 2.84. The number of nitrogens with zero attached hydrogens (tertiary/aromatic N) is 1. The summed E-state index contributed by atoms with van der Waals surface area (Å²) in [6.45, 7) is 2.12. The van der Waals surface area contributed by atoms with Crippen molar-refractivity contribution >= 4 is 5.69 Å². The Morgan fingerprint density at radius 2 is 1.87 bits per heavy atom. The van der Waals surface area contributed by atoms with Crippen LogP contribution >= 0.6 is 0 Å². The molecule has 0 unspecified atom stereocenters. The molecule has 1 heteroatoms. The molecule has 0 atom stereocenters. The summed E-state index contributed by atoms with van der Waals surface area (Å²) in [6.07, 6.45) is 8.85. The first-order valence-electron chi connectivity index (χ1n) is 5.43. The maximum Gasteiger partial charge on any atom is 0.0405 e. The topological polar surface area (TPSA) is 3.24 Å². The Bertz CT molecular complexity index is 384. The predicted octanol–water partition coefficient (Wildman–Crippen LogP) is 3.67. The van der Waals surface area contributed by atoms with Crippen molar-refractivity contribution in [1.29, 1.82) is 0 Å². The lowest BCUT2D eigenvalue weighted by atomic mass is 10.1. The molecule has 1 aliphatic carbocycles. The van der Waals surface area contributed by atoms with Gasteiger partial charge in [0.1, 0.15) is 0 Å². The molecule has 0 saturated heterocycles. The lowest BCUT2D eigenvalue weighted by molar-refractivity contribution is 0.896. The second-order valence-corrected chi connectivity index (χ2v) is 4.02. The Hall–Kier alpha value is -1.50. The molecule has 0 radical (unpaired) electrons. The zero-order valence-electron chi connectivity index (χ0n) is 9.40. The second-order valence-electron chi connectivity index (χ2n) is 4.02. The first-order valence-corrected chi connectivity index (χ1v) is 5.43. The summed E-state index contributed by atoms with van der Waals surface area (Å²) in [5, 5.41) is 0. The van der Waals surface area contributed by atoms with Crippen LogP contribution in [0, 0.1) is 6.92 Å². The highest BCUT2D eigenvalue weighted by atomic mass is 15.1. The number of hydrogen-bond donors (Lipinski definition) is 0. The van der Waals surface area contributed by atoms with Crippen LogP contribution in [-0.4, -0.2) is 7.05 Å². The van der Waals surface area contributed by atoms with Crippen LogP contribution < -0.4 is 4.90 Å². The summed E-state index contributed by atoms with van der Waals surface area (Å²) in [4.78, 5) is 2.27. The van der Waals surface area contributed by atoms with Crippen LogP contribution in [0.2, 0.25) is 0 Å². The molecule has 0 amide bonds. The lowest BCUT2D eigenvalue weighted by Gasteiger charge is -2.23. The molecule has 0 bridgehead atoms. The zero-order chi connectivity index (χ0) is 10.7. The number of benzene rings is 1. The summed E-state index contributed by atoms with van der Waals surface area (Å²) < 4.78 is 0. The van der Waals surface area contributed by atoms with Crippen molar-refractivity contribution in [3.05, 3.63) is 53.8 Å². The SMILES string of the molecule is Cc1ccc(N(C)C2=CC=CCC2)cc1. The number of allylic oxidation sites excluding steroid dienone is 4. The molecule has 15 heavy (non-hydrogen) atoms. The van der Waals surface area contributed by atoms with E-state index in [-0.39, 0.29) is 0 Å². The summed E-state index contributed by atoms with van der Waals surface area (Å²) in [5.74, 6) is 0. The van der Waals surface area contributed by atoms with E-state index in [0.29, 0.717) is 0 Å². The minimum absolute atomic E-state index is 1.14. The van der Waals surface area contributed by atoms with Gasteiger partial charge in [0.15, 0.2) is 0 Å². The molecule has 1 aromatic rings. The minimum Gasteiger partial charge on any atom is -0.348 e. The second kappa shape index (κ2) is 4.35. The monoisotopic (exact) mass is 199 g/mol. The van der Waals surface area contributed by atoms with Gasteiger partial charge in [-0.3, -0.25) is 0 Å². The van der Waals surface area contributed by atoms with Gasteiger partial charge in [0.05, 0.1) is 0 Å². The molecular formula is C14H17N. The standard InChI is InChI=1S/C14H17N/c1-12-8-10-14(11-9-12)15(2)13-6-4-3-5-7-13/h3-4,6,8-11H,5,7H2,1-2H3. The van der Waals surface area contributed by atoms with E-state index in [9.17, 15) is 0 Å². The summed E-state index contributed by atoms with van der Waals surface area (Å²) in [6, 6.07) is 8.67. The molecule has 78 valence electrons. The van der Waals surface area contributed by atoms with Crippen LogP contribution in [0.4, 0.5) is 5.69 Å².